The third kappa shape index (κ3) is 7.89. The molecule has 2 saturated heterocycles. The van der Waals surface area contributed by atoms with Gasteiger partial charge in [0.2, 0.25) is 10.0 Å². The first-order chi connectivity index (χ1) is 22.1. The quantitative estimate of drug-likeness (QED) is 0.177. The average Bonchev–Trinajstić information content (AvgIpc) is 3.72. The van der Waals surface area contributed by atoms with Crippen LogP contribution in [0.5, 0.6) is 0 Å². The molecule has 4 N–H and O–H groups in total. The fourth-order valence-electron chi connectivity index (χ4n) is 5.97. The van der Waals surface area contributed by atoms with E-state index in [0.29, 0.717) is 30.0 Å². The molecule has 0 spiro atoms. The number of carbonyl (C=O) groups excluding carboxylic acids is 2. The number of fused-ring (bicyclic) bond motifs is 2. The van der Waals surface area contributed by atoms with Crippen LogP contribution in [0.2, 0.25) is 0 Å². The van der Waals surface area contributed by atoms with Gasteiger partial charge < -0.3 is 35.3 Å². The summed E-state index contributed by atoms with van der Waals surface area (Å²) in [5.74, 6) is -0.433. The zero-order chi connectivity index (χ0) is 32.8. The van der Waals surface area contributed by atoms with Gasteiger partial charge in [-0.25, -0.2) is 13.2 Å². The van der Waals surface area contributed by atoms with Crippen molar-refractivity contribution in [3.05, 3.63) is 65.9 Å². The van der Waals surface area contributed by atoms with E-state index in [1.807, 2.05) is 51.1 Å². The standard InChI is InChI=1S/C33H44N4O8S/c1-4-13-34-17-26-25-16-23(10-11-27(25)35-31(26)39)46(41,42)37(18-21(2)3)19-29(38)28(15-22-8-6-5-7-9-22)36-33(40)45-30-20-44-32-24(30)12-14-43-32/h5-11,16-17,21,24,28-30,32,34,38H,4,12-15,18-20H2,1-3H3,(H,35,39)(H,36,40). The van der Waals surface area contributed by atoms with E-state index in [9.17, 15) is 23.1 Å². The highest BCUT2D eigenvalue weighted by atomic mass is 32.2. The minimum atomic E-state index is -4.13. The highest BCUT2D eigenvalue weighted by Gasteiger charge is 2.44. The van der Waals surface area contributed by atoms with Gasteiger partial charge in [-0.3, -0.25) is 4.79 Å². The molecule has 3 aliphatic heterocycles. The lowest BCUT2D eigenvalue weighted by molar-refractivity contribution is -0.110. The second-order valence-corrected chi connectivity index (χ2v) is 14.3. The molecule has 0 saturated carbocycles. The van der Waals surface area contributed by atoms with Crippen molar-refractivity contribution in [2.24, 2.45) is 11.8 Å². The Kier molecular flexibility index (Phi) is 11.0. The maximum atomic E-state index is 14.1. The monoisotopic (exact) mass is 656 g/mol. The second-order valence-electron chi connectivity index (χ2n) is 12.4. The lowest BCUT2D eigenvalue weighted by atomic mass is 10.0. The van der Waals surface area contributed by atoms with Crippen LogP contribution in [0, 0.1) is 11.8 Å². The first kappa shape index (κ1) is 33.9. The Morgan fingerprint density at radius 2 is 1.96 bits per heavy atom. The van der Waals surface area contributed by atoms with E-state index >= 15 is 0 Å². The van der Waals surface area contributed by atoms with Crippen LogP contribution in [0.15, 0.2) is 59.6 Å². The average molecular weight is 657 g/mol. The van der Waals surface area contributed by atoms with Crippen LogP contribution in [0.25, 0.3) is 5.57 Å². The molecule has 2 aromatic rings. The first-order valence-electron chi connectivity index (χ1n) is 15.9. The molecular formula is C33H44N4O8S. The van der Waals surface area contributed by atoms with Gasteiger partial charge in [0.25, 0.3) is 5.91 Å². The second kappa shape index (κ2) is 14.9. The predicted octanol–water partition coefficient (Wildman–Crippen LogP) is 3.09. The minimum Gasteiger partial charge on any atom is -0.443 e. The molecule has 0 aliphatic carbocycles. The van der Waals surface area contributed by atoms with Gasteiger partial charge in [-0.05, 0) is 48.9 Å². The summed E-state index contributed by atoms with van der Waals surface area (Å²) in [6, 6.07) is 13.0. The molecule has 0 bridgehead atoms. The van der Waals surface area contributed by atoms with Crippen molar-refractivity contribution in [1.29, 1.82) is 0 Å². The topological polar surface area (TPSA) is 156 Å². The zero-order valence-corrected chi connectivity index (χ0v) is 27.3. The molecule has 13 heteroatoms. The number of nitrogens with zero attached hydrogens (tertiary/aromatic N) is 1. The number of alkyl carbamates (subject to hydrolysis) is 1. The number of nitrogens with one attached hydrogen (secondary N) is 3. The number of ether oxygens (including phenoxy) is 3. The summed E-state index contributed by atoms with van der Waals surface area (Å²) < 4.78 is 46.3. The van der Waals surface area contributed by atoms with Crippen LogP contribution < -0.4 is 16.0 Å². The Hall–Kier alpha value is -3.49. The molecule has 0 aromatic heterocycles. The van der Waals surface area contributed by atoms with Gasteiger partial charge in [0, 0.05) is 37.1 Å². The van der Waals surface area contributed by atoms with Crippen molar-refractivity contribution in [3.63, 3.8) is 0 Å². The molecular weight excluding hydrogens is 612 g/mol. The van der Waals surface area contributed by atoms with E-state index in [2.05, 4.69) is 16.0 Å². The number of sulfonamides is 1. The van der Waals surface area contributed by atoms with E-state index in [1.54, 1.807) is 12.3 Å². The van der Waals surface area contributed by atoms with Crippen molar-refractivity contribution in [2.45, 2.75) is 69.5 Å². The fourth-order valence-corrected chi connectivity index (χ4v) is 7.62. The van der Waals surface area contributed by atoms with Gasteiger partial charge in [-0.1, -0.05) is 51.1 Å². The van der Waals surface area contributed by atoms with Crippen molar-refractivity contribution < 1.29 is 37.3 Å². The highest BCUT2D eigenvalue weighted by Crippen LogP contribution is 2.35. The lowest BCUT2D eigenvalue weighted by Crippen LogP contribution is -2.51. The van der Waals surface area contributed by atoms with E-state index < -0.39 is 34.4 Å². The van der Waals surface area contributed by atoms with Crippen molar-refractivity contribution in [1.82, 2.24) is 14.9 Å². The van der Waals surface area contributed by atoms with Crippen LogP contribution in [0.3, 0.4) is 0 Å². The zero-order valence-electron chi connectivity index (χ0n) is 26.5. The number of hydrogen-bond donors (Lipinski definition) is 4. The maximum Gasteiger partial charge on any atom is 0.407 e. The summed E-state index contributed by atoms with van der Waals surface area (Å²) in [5.41, 5.74) is 2.21. The number of anilines is 1. The van der Waals surface area contributed by atoms with Crippen LogP contribution in [0.4, 0.5) is 10.5 Å². The Bertz CT molecular complexity index is 1520. The number of hydrogen-bond acceptors (Lipinski definition) is 9. The number of amides is 2. The lowest BCUT2D eigenvalue weighted by Gasteiger charge is -2.31. The van der Waals surface area contributed by atoms with Gasteiger partial charge in [-0.2, -0.15) is 4.31 Å². The van der Waals surface area contributed by atoms with Crippen molar-refractivity contribution in [3.8, 4) is 0 Å². The van der Waals surface area contributed by atoms with Crippen LogP contribution in [-0.4, -0.2) is 87.2 Å². The summed E-state index contributed by atoms with van der Waals surface area (Å²) in [4.78, 5) is 25.7. The van der Waals surface area contributed by atoms with E-state index in [0.717, 1.165) is 18.4 Å². The number of aliphatic hydroxyl groups excluding tert-OH is 1. The van der Waals surface area contributed by atoms with Crippen molar-refractivity contribution in [2.75, 3.05) is 38.2 Å². The molecule has 2 aromatic carbocycles. The van der Waals surface area contributed by atoms with Gasteiger partial charge in [0.15, 0.2) is 6.29 Å². The van der Waals surface area contributed by atoms with Crippen LogP contribution in [0.1, 0.15) is 44.7 Å². The smallest absolute Gasteiger partial charge is 0.407 e. The molecule has 5 unspecified atom stereocenters. The SMILES string of the molecule is CCCNC=C1C(=O)Nc2ccc(S(=O)(=O)N(CC(C)C)CC(O)C(Cc3ccccc3)NC(=O)OC3COC4OCCC34)cc21. The molecule has 250 valence electrons. The molecule has 2 fully saturated rings. The largest absolute Gasteiger partial charge is 0.443 e. The Balaban J connectivity index is 1.36. The molecule has 0 radical (unpaired) electrons. The Morgan fingerprint density at radius 3 is 2.70 bits per heavy atom. The number of carbonyl (C=O) groups is 2. The molecule has 3 aliphatic rings. The molecule has 2 amide bonds. The molecule has 12 nitrogen and oxygen atoms in total. The molecule has 5 atom stereocenters. The molecule has 3 heterocycles. The first-order valence-corrected chi connectivity index (χ1v) is 17.3. The Labute approximate surface area is 270 Å². The van der Waals surface area contributed by atoms with Gasteiger partial charge in [0.05, 0.1) is 41.7 Å². The molecule has 46 heavy (non-hydrogen) atoms. The van der Waals surface area contributed by atoms with Gasteiger partial charge in [-0.15, -0.1) is 0 Å². The summed E-state index contributed by atoms with van der Waals surface area (Å²) in [6.07, 6.45) is 0.577. The van der Waals surface area contributed by atoms with Gasteiger partial charge >= 0.3 is 6.09 Å². The highest BCUT2D eigenvalue weighted by molar-refractivity contribution is 7.89. The third-order valence-electron chi connectivity index (χ3n) is 8.32. The summed E-state index contributed by atoms with van der Waals surface area (Å²) in [5, 5.41) is 20.3. The van der Waals surface area contributed by atoms with E-state index in [1.165, 1.54) is 16.4 Å². The normalized spacial score (nSPS) is 22.9. The van der Waals surface area contributed by atoms with Crippen molar-refractivity contribution >= 4 is 33.3 Å². The van der Waals surface area contributed by atoms with Crippen LogP contribution >= 0.6 is 0 Å². The van der Waals surface area contributed by atoms with Gasteiger partial charge in [0.1, 0.15) is 6.10 Å². The number of benzene rings is 2. The molecule has 5 rings (SSSR count). The summed E-state index contributed by atoms with van der Waals surface area (Å²) in [6.45, 7) is 7.06. The maximum absolute atomic E-state index is 14.1. The Morgan fingerprint density at radius 1 is 1.17 bits per heavy atom. The van der Waals surface area contributed by atoms with E-state index in [4.69, 9.17) is 14.2 Å². The predicted molar refractivity (Wildman–Crippen MR) is 172 cm³/mol. The van der Waals surface area contributed by atoms with Crippen LogP contribution in [-0.2, 0) is 35.4 Å². The fraction of sp³-hybridized carbons (Fsp3) is 0.515. The summed E-state index contributed by atoms with van der Waals surface area (Å²) >= 11 is 0. The minimum absolute atomic E-state index is 0.00135. The van der Waals surface area contributed by atoms with E-state index in [-0.39, 0.29) is 55.0 Å². The summed E-state index contributed by atoms with van der Waals surface area (Å²) in [7, 11) is -4.13. The number of aliphatic hydroxyl groups is 1. The third-order valence-corrected chi connectivity index (χ3v) is 10.1. The number of rotatable bonds is 14.